The smallest absolute Gasteiger partial charge is 0.373 e. The average Bonchev–Trinajstić information content (AvgIpc) is 3.08. The van der Waals surface area contributed by atoms with Gasteiger partial charge in [-0.15, -0.1) is 0 Å². The molecule has 0 spiro atoms. The molecule has 6 unspecified atom stereocenters. The van der Waals surface area contributed by atoms with E-state index in [1.807, 2.05) is 0 Å². The van der Waals surface area contributed by atoms with E-state index in [0.29, 0.717) is 0 Å². The van der Waals surface area contributed by atoms with Crippen LogP contribution < -0.4 is 0 Å². The summed E-state index contributed by atoms with van der Waals surface area (Å²) in [5.74, 6) is -10.2. The lowest BCUT2D eigenvalue weighted by Crippen LogP contribution is -2.63. The van der Waals surface area contributed by atoms with E-state index in [1.54, 1.807) is 0 Å². The molecule has 0 aliphatic heterocycles. The van der Waals surface area contributed by atoms with Gasteiger partial charge in [-0.3, -0.25) is 0 Å². The molecular weight excluding hydrogens is 492 g/mol. The fourth-order valence-corrected chi connectivity index (χ4v) is 5.76. The van der Waals surface area contributed by atoms with Crippen LogP contribution in [-0.4, -0.2) is 54.9 Å². The molecule has 0 aromatic carbocycles. The van der Waals surface area contributed by atoms with Gasteiger partial charge < -0.3 is 14.6 Å². The summed E-state index contributed by atoms with van der Waals surface area (Å²) in [6, 6.07) is 0. The van der Waals surface area contributed by atoms with Crippen molar-refractivity contribution in [1.29, 1.82) is 0 Å². The van der Waals surface area contributed by atoms with Gasteiger partial charge in [-0.25, -0.2) is 0 Å². The van der Waals surface area contributed by atoms with Gasteiger partial charge in [0.1, 0.15) is 6.79 Å². The summed E-state index contributed by atoms with van der Waals surface area (Å²) in [6.07, 6.45) is -27.5. The van der Waals surface area contributed by atoms with Crippen molar-refractivity contribution in [3.8, 4) is 0 Å². The molecule has 1 N–H and O–H groups in total. The Morgan fingerprint density at radius 1 is 0.758 bits per heavy atom. The Bertz CT molecular complexity index is 668. The number of methoxy groups -OCH3 is 1. The van der Waals surface area contributed by atoms with Gasteiger partial charge in [0, 0.05) is 13.0 Å². The van der Waals surface area contributed by atoms with E-state index in [4.69, 9.17) is 0 Å². The maximum absolute atomic E-state index is 13.7. The number of rotatable bonds is 6. The van der Waals surface area contributed by atoms with Gasteiger partial charge in [-0.1, -0.05) is 13.8 Å². The van der Waals surface area contributed by atoms with Gasteiger partial charge in [0.15, 0.2) is 0 Å². The van der Waals surface area contributed by atoms with Gasteiger partial charge >= 0.3 is 24.7 Å². The second-order valence-corrected chi connectivity index (χ2v) is 8.82. The van der Waals surface area contributed by atoms with E-state index in [1.165, 1.54) is 6.92 Å². The zero-order valence-corrected chi connectivity index (χ0v) is 17.4. The molecule has 0 amide bonds. The van der Waals surface area contributed by atoms with Crippen molar-refractivity contribution in [3.05, 3.63) is 0 Å². The minimum Gasteiger partial charge on any atom is -0.373 e. The lowest BCUT2D eigenvalue weighted by atomic mass is 9.70. The molecule has 2 aliphatic rings. The zero-order chi connectivity index (χ0) is 26.0. The van der Waals surface area contributed by atoms with Gasteiger partial charge in [0.05, 0.1) is 0 Å². The van der Waals surface area contributed by atoms with E-state index >= 15 is 0 Å². The minimum absolute atomic E-state index is 0.738. The van der Waals surface area contributed by atoms with Crippen LogP contribution in [-0.2, 0) is 9.47 Å². The second-order valence-electron chi connectivity index (χ2n) is 8.82. The van der Waals surface area contributed by atoms with Crippen LogP contribution in [0.5, 0.6) is 0 Å². The minimum atomic E-state index is -6.26. The van der Waals surface area contributed by atoms with E-state index in [9.17, 15) is 57.8 Å². The largest absolute Gasteiger partial charge is 0.426 e. The van der Waals surface area contributed by atoms with Gasteiger partial charge in [0.25, 0.3) is 11.2 Å². The molecule has 2 rings (SSSR count). The van der Waals surface area contributed by atoms with Crippen molar-refractivity contribution in [3.63, 3.8) is 0 Å². The first kappa shape index (κ1) is 28.3. The number of alkyl halides is 12. The first-order valence-corrected chi connectivity index (χ1v) is 9.70. The van der Waals surface area contributed by atoms with Gasteiger partial charge in [-0.2, -0.15) is 52.7 Å². The topological polar surface area (TPSA) is 38.7 Å². The molecule has 2 aliphatic carbocycles. The molecule has 6 atom stereocenters. The molecule has 2 bridgehead atoms. The van der Waals surface area contributed by atoms with Crippen molar-refractivity contribution < 1.29 is 67.3 Å². The van der Waals surface area contributed by atoms with Crippen LogP contribution in [0, 0.1) is 35.5 Å². The molecule has 0 aromatic rings. The third-order valence-electron chi connectivity index (χ3n) is 7.34. The molecular formula is C18H22F12O3. The van der Waals surface area contributed by atoms with Crippen molar-refractivity contribution in [1.82, 2.24) is 0 Å². The van der Waals surface area contributed by atoms with Crippen LogP contribution >= 0.6 is 0 Å². The predicted octanol–water partition coefficient (Wildman–Crippen LogP) is 5.87. The van der Waals surface area contributed by atoms with Crippen molar-refractivity contribution in [2.75, 3.05) is 13.9 Å². The van der Waals surface area contributed by atoms with E-state index in [2.05, 4.69) is 9.47 Å². The van der Waals surface area contributed by atoms with Crippen LogP contribution in [0.2, 0.25) is 0 Å². The van der Waals surface area contributed by atoms with E-state index in [-0.39, 0.29) is 0 Å². The summed E-state index contributed by atoms with van der Waals surface area (Å²) in [7, 11) is 0.738. The predicted molar refractivity (Wildman–Crippen MR) is 86.4 cm³/mol. The van der Waals surface area contributed by atoms with Crippen LogP contribution in [0.25, 0.3) is 0 Å². The van der Waals surface area contributed by atoms with Crippen molar-refractivity contribution >= 4 is 0 Å². The highest BCUT2D eigenvalue weighted by Crippen LogP contribution is 2.68. The standard InChI is InChI=1S/C18H22F12O3/c1-7-8(2)11-9(5-13(15(19,20)21,16(22,23)24)33-6-32-3)4-10(7)12(11)14(31,17(25,26)27)18(28,29)30/h7-12,31H,4-6H2,1-3H3. The monoisotopic (exact) mass is 514 g/mol. The second kappa shape index (κ2) is 8.32. The molecule has 3 nitrogen and oxygen atoms in total. The first-order chi connectivity index (χ1) is 14.6. The average molecular weight is 514 g/mol. The molecule has 0 aromatic heterocycles. The highest BCUT2D eigenvalue weighted by atomic mass is 19.4. The van der Waals surface area contributed by atoms with E-state index in [0.717, 1.165) is 14.0 Å². The van der Waals surface area contributed by atoms with Gasteiger partial charge in [-0.05, 0) is 42.4 Å². The fraction of sp³-hybridized carbons (Fsp3) is 1.00. The van der Waals surface area contributed by atoms with Crippen LogP contribution in [0.3, 0.4) is 0 Å². The number of hydrogen-bond donors (Lipinski definition) is 1. The fourth-order valence-electron chi connectivity index (χ4n) is 5.76. The quantitative estimate of drug-likeness (QED) is 0.356. The highest BCUT2D eigenvalue weighted by molar-refractivity contribution is 5.15. The van der Waals surface area contributed by atoms with Crippen molar-refractivity contribution in [2.45, 2.75) is 62.6 Å². The SMILES string of the molecule is COCOC(CC1CC2C(C)C(C)C1C2C(O)(C(F)(F)F)C(F)(F)F)(C(F)(F)F)C(F)(F)F. The molecule has 33 heavy (non-hydrogen) atoms. The number of aliphatic hydroxyl groups is 1. The first-order valence-electron chi connectivity index (χ1n) is 9.70. The number of fused-ring (bicyclic) bond motifs is 2. The number of halogens is 12. The summed E-state index contributed by atoms with van der Waals surface area (Å²) < 4.78 is 171. The Kier molecular flexibility index (Phi) is 7.13. The summed E-state index contributed by atoms with van der Waals surface area (Å²) in [5, 5.41) is 9.93. The highest BCUT2D eigenvalue weighted by Gasteiger charge is 2.81. The maximum Gasteiger partial charge on any atom is 0.426 e. The molecule has 196 valence electrons. The molecule has 0 saturated heterocycles. The normalized spacial score (nSPS) is 32.0. The van der Waals surface area contributed by atoms with Gasteiger partial charge in [0.2, 0.25) is 0 Å². The molecule has 2 saturated carbocycles. The van der Waals surface area contributed by atoms with Crippen LogP contribution in [0.15, 0.2) is 0 Å². The zero-order valence-electron chi connectivity index (χ0n) is 17.4. The van der Waals surface area contributed by atoms with Crippen molar-refractivity contribution in [2.24, 2.45) is 35.5 Å². The summed E-state index contributed by atoms with van der Waals surface area (Å²) >= 11 is 0. The molecule has 15 heteroatoms. The lowest BCUT2D eigenvalue weighted by Gasteiger charge is -2.43. The Morgan fingerprint density at radius 2 is 1.21 bits per heavy atom. The Hall–Kier alpha value is -0.960. The third kappa shape index (κ3) is 4.19. The Labute approximate surface area is 180 Å². The molecule has 0 heterocycles. The third-order valence-corrected chi connectivity index (χ3v) is 7.34. The summed E-state index contributed by atoms with van der Waals surface area (Å²) in [6.45, 7) is 0.929. The summed E-state index contributed by atoms with van der Waals surface area (Å²) in [5.41, 5.74) is -10.2. The lowest BCUT2D eigenvalue weighted by molar-refractivity contribution is -0.399. The Balaban J connectivity index is 2.60. The molecule has 2 fully saturated rings. The van der Waals surface area contributed by atoms with Crippen LogP contribution in [0.1, 0.15) is 26.7 Å². The number of hydrogen-bond acceptors (Lipinski definition) is 3. The maximum atomic E-state index is 13.7. The number of ether oxygens (including phenoxy) is 2. The summed E-state index contributed by atoms with van der Waals surface area (Å²) in [4.78, 5) is 0. The van der Waals surface area contributed by atoms with E-state index < -0.39 is 91.0 Å². The van der Waals surface area contributed by atoms with Crippen LogP contribution in [0.4, 0.5) is 52.7 Å². The Morgan fingerprint density at radius 3 is 1.58 bits per heavy atom. The molecule has 0 radical (unpaired) electrons.